The molecule has 0 amide bonds. The van der Waals surface area contributed by atoms with E-state index in [0.717, 1.165) is 111 Å². The van der Waals surface area contributed by atoms with Crippen molar-refractivity contribution in [1.82, 2.24) is 4.57 Å². The van der Waals surface area contributed by atoms with Gasteiger partial charge in [-0.25, -0.2) is 0 Å². The average molecular weight is 967 g/mol. The molecule has 0 N–H and O–H groups in total. The Labute approximate surface area is 437 Å². The molecular formula is C67H52B2N4O2. The first-order valence-corrected chi connectivity index (χ1v) is 27.8. The molecule has 1 aromatic heterocycles. The maximum atomic E-state index is 7.48. The molecular weight excluding hydrogens is 914 g/mol. The van der Waals surface area contributed by atoms with E-state index in [2.05, 4.69) is 183 Å². The molecule has 1 atom stereocenters. The fourth-order valence-electron chi connectivity index (χ4n) is 15.8. The van der Waals surface area contributed by atoms with Crippen LogP contribution >= 0.6 is 0 Å². The molecule has 0 saturated carbocycles. The number of ether oxygens (including phenoxy) is 2. The van der Waals surface area contributed by atoms with Crippen LogP contribution in [-0.2, 0) is 25.7 Å². The van der Waals surface area contributed by atoms with Crippen molar-refractivity contribution >= 4 is 102 Å². The third-order valence-corrected chi connectivity index (χ3v) is 18.8. The van der Waals surface area contributed by atoms with Crippen LogP contribution < -0.4 is 57.0 Å². The van der Waals surface area contributed by atoms with Crippen LogP contribution in [0.25, 0.3) is 27.5 Å². The predicted octanol–water partition coefficient (Wildman–Crippen LogP) is 11.4. The molecule has 8 heteroatoms. The summed E-state index contributed by atoms with van der Waals surface area (Å²) in [6.45, 7) is 3.05. The van der Waals surface area contributed by atoms with Crippen LogP contribution in [0.1, 0.15) is 71.4 Å². The van der Waals surface area contributed by atoms with Crippen LogP contribution in [0, 0.1) is 0 Å². The Kier molecular flexibility index (Phi) is 8.40. The molecule has 0 spiro atoms. The van der Waals surface area contributed by atoms with E-state index in [1.165, 1.54) is 117 Å². The minimum Gasteiger partial charge on any atom is -0.458 e. The molecule has 1 aliphatic carbocycles. The molecule has 10 aromatic rings. The zero-order valence-corrected chi connectivity index (χ0v) is 41.9. The number of benzene rings is 9. The summed E-state index contributed by atoms with van der Waals surface area (Å²) in [7, 11) is 0. The Morgan fingerprint density at radius 1 is 0.400 bits per heavy atom. The lowest BCUT2D eigenvalue weighted by molar-refractivity contribution is 0.486. The highest BCUT2D eigenvalue weighted by Gasteiger charge is 2.46. The molecule has 18 rings (SSSR count). The van der Waals surface area contributed by atoms with Gasteiger partial charge in [0.05, 0.1) is 11.0 Å². The number of hydrogen-bond donors (Lipinski definition) is 0. The average Bonchev–Trinajstić information content (AvgIpc) is 3.80. The van der Waals surface area contributed by atoms with Crippen LogP contribution in [0.5, 0.6) is 23.0 Å². The van der Waals surface area contributed by atoms with Crippen molar-refractivity contribution in [3.05, 3.63) is 197 Å². The van der Waals surface area contributed by atoms with Gasteiger partial charge in [-0.15, -0.1) is 0 Å². The number of nitrogens with zero attached hydrogens (tertiary/aromatic N) is 4. The predicted molar refractivity (Wildman–Crippen MR) is 310 cm³/mol. The summed E-state index contributed by atoms with van der Waals surface area (Å²) in [5, 5.41) is 2.48. The smallest absolute Gasteiger partial charge is 0.256 e. The summed E-state index contributed by atoms with van der Waals surface area (Å²) in [4.78, 5) is 7.84. The number of rotatable bonds is 3. The van der Waals surface area contributed by atoms with Crippen molar-refractivity contribution in [3.8, 4) is 28.7 Å². The second-order valence-electron chi connectivity index (χ2n) is 22.6. The number of hydrogen-bond acceptors (Lipinski definition) is 5. The van der Waals surface area contributed by atoms with Gasteiger partial charge in [0.25, 0.3) is 13.4 Å². The van der Waals surface area contributed by atoms with Gasteiger partial charge in [-0.3, -0.25) is 0 Å². The van der Waals surface area contributed by atoms with Crippen molar-refractivity contribution in [3.63, 3.8) is 0 Å². The normalized spacial score (nSPS) is 17.7. The van der Waals surface area contributed by atoms with Gasteiger partial charge in [-0.05, 0) is 160 Å². The molecule has 0 bridgehead atoms. The van der Waals surface area contributed by atoms with Crippen LogP contribution in [0.3, 0.4) is 0 Å². The number of fused-ring (bicyclic) bond motifs is 13. The molecule has 0 fully saturated rings. The second-order valence-corrected chi connectivity index (χ2v) is 22.6. The molecule has 1 unspecified atom stereocenters. The van der Waals surface area contributed by atoms with E-state index in [-0.39, 0.29) is 13.4 Å². The molecule has 358 valence electrons. The highest BCUT2D eigenvalue weighted by Crippen LogP contribution is 2.49. The number of anilines is 6. The minimum atomic E-state index is 0.0196. The lowest BCUT2D eigenvalue weighted by atomic mass is 9.33. The van der Waals surface area contributed by atoms with Gasteiger partial charge < -0.3 is 28.7 Å². The van der Waals surface area contributed by atoms with Crippen LogP contribution in [0.2, 0.25) is 0 Å². The standard InChI is InChI=1S/C67H52B2N4O2/c1-2-22-45(23-3-1)73-56-38-60-53(68-51-26-9-17-42-20-12-30-71(66(42)51)58-32-44(33-62(74-60)64(58)68)48-25-8-16-40-14-4-6-24-47(40)48)36-49(56)50-37-54-61(39-57(50)73)75-63-35-46(70-29-11-19-41-15-5-7-28-55(41)70)34-59-65(63)69(54)52-27-10-18-43-21-13-31-72(59)67(43)52/h1-7,9-10,14-15,17-18,22-24,26-28,32-39,48H,8,11-13,16,19-21,25,29-31H2. The molecule has 8 heterocycles. The summed E-state index contributed by atoms with van der Waals surface area (Å²) in [5.74, 6) is 4.19. The van der Waals surface area contributed by atoms with Gasteiger partial charge in [0, 0.05) is 94.3 Å². The van der Waals surface area contributed by atoms with Gasteiger partial charge in [0.2, 0.25) is 0 Å². The van der Waals surface area contributed by atoms with Crippen LogP contribution in [0.15, 0.2) is 164 Å². The maximum absolute atomic E-state index is 7.48. The van der Waals surface area contributed by atoms with Crippen molar-refractivity contribution in [2.45, 2.75) is 63.7 Å². The summed E-state index contributed by atoms with van der Waals surface area (Å²) in [6, 6.07) is 62.9. The summed E-state index contributed by atoms with van der Waals surface area (Å²) >= 11 is 0. The first-order valence-electron chi connectivity index (χ1n) is 27.8. The summed E-state index contributed by atoms with van der Waals surface area (Å²) in [6.07, 6.45) is 10.2. The summed E-state index contributed by atoms with van der Waals surface area (Å²) < 4.78 is 17.4. The van der Waals surface area contributed by atoms with E-state index in [0.29, 0.717) is 5.92 Å². The molecule has 6 nitrogen and oxygen atoms in total. The van der Waals surface area contributed by atoms with E-state index in [1.54, 1.807) is 0 Å². The fourth-order valence-corrected chi connectivity index (χ4v) is 15.8. The minimum absolute atomic E-state index is 0.0196. The first kappa shape index (κ1) is 41.3. The maximum Gasteiger partial charge on any atom is 0.256 e. The van der Waals surface area contributed by atoms with E-state index in [4.69, 9.17) is 9.47 Å². The second kappa shape index (κ2) is 15.3. The number of para-hydroxylation sites is 4. The molecule has 9 aromatic carbocycles. The lowest BCUT2D eigenvalue weighted by Gasteiger charge is -2.44. The van der Waals surface area contributed by atoms with Gasteiger partial charge in [0.15, 0.2) is 0 Å². The third kappa shape index (κ3) is 5.67. The fraction of sp³-hybridized carbons (Fsp3) is 0.194. The Hall–Kier alpha value is -8.09. The van der Waals surface area contributed by atoms with E-state index in [1.807, 2.05) is 0 Å². The Morgan fingerprint density at radius 3 is 1.65 bits per heavy atom. The lowest BCUT2D eigenvalue weighted by Crippen LogP contribution is -2.61. The zero-order chi connectivity index (χ0) is 48.6. The van der Waals surface area contributed by atoms with Crippen LogP contribution in [-0.4, -0.2) is 37.6 Å². The zero-order valence-electron chi connectivity index (χ0n) is 41.9. The van der Waals surface area contributed by atoms with E-state index < -0.39 is 0 Å². The Morgan fingerprint density at radius 2 is 0.960 bits per heavy atom. The third-order valence-electron chi connectivity index (χ3n) is 18.8. The van der Waals surface area contributed by atoms with Crippen molar-refractivity contribution in [1.29, 1.82) is 0 Å². The quantitative estimate of drug-likeness (QED) is 0.165. The molecule has 0 radical (unpaired) electrons. The van der Waals surface area contributed by atoms with Crippen molar-refractivity contribution < 1.29 is 9.47 Å². The first-order chi connectivity index (χ1) is 37.2. The number of aromatic nitrogens is 1. The van der Waals surface area contributed by atoms with Gasteiger partial charge in [-0.2, -0.15) is 0 Å². The highest BCUT2D eigenvalue weighted by molar-refractivity contribution is 7.00. The van der Waals surface area contributed by atoms with Gasteiger partial charge in [-0.1, -0.05) is 109 Å². The largest absolute Gasteiger partial charge is 0.458 e. The topological polar surface area (TPSA) is 33.1 Å². The Bertz CT molecular complexity index is 3920. The van der Waals surface area contributed by atoms with Gasteiger partial charge >= 0.3 is 0 Å². The summed E-state index contributed by atoms with van der Waals surface area (Å²) in [5.41, 5.74) is 27.9. The highest BCUT2D eigenvalue weighted by atomic mass is 16.5. The van der Waals surface area contributed by atoms with E-state index >= 15 is 0 Å². The van der Waals surface area contributed by atoms with Crippen LogP contribution in [0.4, 0.5) is 34.1 Å². The molecule has 0 saturated heterocycles. The number of aryl methyl sites for hydroxylation is 4. The molecule has 7 aliphatic heterocycles. The Balaban J connectivity index is 0.874. The van der Waals surface area contributed by atoms with Crippen molar-refractivity contribution in [2.75, 3.05) is 34.3 Å². The SMILES string of the molecule is c1ccc(-n2c3cc4c(cc3c3cc5c(cc32)Oc2cc(N3CCCc6ccccc63)cc3c2B5c2cccc5c2N3CCC5)B2c3cccc5c3N(CCC5)c3cc(C5CCCc6ccccc65)cc(c32)O4)cc1. The van der Waals surface area contributed by atoms with Gasteiger partial charge in [0.1, 0.15) is 23.0 Å². The van der Waals surface area contributed by atoms with Crippen molar-refractivity contribution in [2.24, 2.45) is 0 Å². The molecule has 8 aliphatic rings. The molecule has 75 heavy (non-hydrogen) atoms. The van der Waals surface area contributed by atoms with E-state index in [9.17, 15) is 0 Å². The monoisotopic (exact) mass is 966 g/mol.